The lowest BCUT2D eigenvalue weighted by Gasteiger charge is -2.20. The van der Waals surface area contributed by atoms with Crippen molar-refractivity contribution >= 4 is 12.0 Å². The maximum Gasteiger partial charge on any atom is 0.262 e. The minimum absolute atomic E-state index is 0.184. The van der Waals surface area contributed by atoms with Crippen LogP contribution < -0.4 is 5.32 Å². The zero-order chi connectivity index (χ0) is 14.9. The Kier molecular flexibility index (Phi) is 6.02. The zero-order valence-corrected chi connectivity index (χ0v) is 12.3. The molecule has 1 N–H and O–H groups in total. The third kappa shape index (κ3) is 5.07. The van der Waals surface area contributed by atoms with E-state index in [-0.39, 0.29) is 17.5 Å². The summed E-state index contributed by atoms with van der Waals surface area (Å²) in [5.74, 6) is -0.244. The fraction of sp³-hybridized carbons (Fsp3) is 0.444. The normalized spacial score (nSPS) is 17.4. The predicted octanol–water partition coefficient (Wildman–Crippen LogP) is 3.82. The fourth-order valence-electron chi connectivity index (χ4n) is 2.73. The van der Waals surface area contributed by atoms with E-state index in [0.29, 0.717) is 0 Å². The second kappa shape index (κ2) is 8.26. The molecule has 0 atom stereocenters. The second-order valence-corrected chi connectivity index (χ2v) is 5.60. The van der Waals surface area contributed by atoms with Crippen molar-refractivity contribution in [2.45, 2.75) is 51.0 Å². The fourth-order valence-corrected chi connectivity index (χ4v) is 2.73. The molecular weight excluding hydrogens is 260 g/mol. The Labute approximate surface area is 126 Å². The molecule has 21 heavy (non-hydrogen) atoms. The van der Waals surface area contributed by atoms with Crippen LogP contribution in [0.15, 0.2) is 35.9 Å². The Balaban J connectivity index is 2.00. The zero-order valence-electron chi connectivity index (χ0n) is 12.3. The summed E-state index contributed by atoms with van der Waals surface area (Å²) in [6, 6.07) is 11.7. The van der Waals surface area contributed by atoms with Gasteiger partial charge in [-0.15, -0.1) is 0 Å². The Morgan fingerprint density at radius 2 is 1.71 bits per heavy atom. The number of carbonyl (C=O) groups is 1. The van der Waals surface area contributed by atoms with Crippen molar-refractivity contribution in [1.82, 2.24) is 5.32 Å². The number of nitrogens with one attached hydrogen (secondary N) is 1. The monoisotopic (exact) mass is 282 g/mol. The first-order valence-electron chi connectivity index (χ1n) is 7.77. The van der Waals surface area contributed by atoms with Gasteiger partial charge in [0.1, 0.15) is 11.6 Å². The van der Waals surface area contributed by atoms with Gasteiger partial charge in [-0.2, -0.15) is 5.26 Å². The van der Waals surface area contributed by atoms with Gasteiger partial charge in [0.05, 0.1) is 0 Å². The summed E-state index contributed by atoms with van der Waals surface area (Å²) in [4.78, 5) is 12.2. The SMILES string of the molecule is N#CC(=Cc1ccccc1)C(=O)NC1CCCCCCC1. The molecule has 1 aliphatic rings. The van der Waals surface area contributed by atoms with Gasteiger partial charge in [0.15, 0.2) is 0 Å². The topological polar surface area (TPSA) is 52.9 Å². The van der Waals surface area contributed by atoms with Crippen molar-refractivity contribution in [3.05, 3.63) is 41.5 Å². The molecule has 0 aliphatic heterocycles. The minimum Gasteiger partial charge on any atom is -0.349 e. The van der Waals surface area contributed by atoms with Crippen LogP contribution in [0.25, 0.3) is 6.08 Å². The van der Waals surface area contributed by atoms with Gasteiger partial charge in [0.25, 0.3) is 5.91 Å². The molecule has 0 saturated heterocycles. The average Bonchev–Trinajstić information content (AvgIpc) is 2.48. The highest BCUT2D eigenvalue weighted by molar-refractivity contribution is 6.01. The van der Waals surface area contributed by atoms with Crippen LogP contribution in [-0.2, 0) is 4.79 Å². The van der Waals surface area contributed by atoms with Crippen molar-refractivity contribution in [3.63, 3.8) is 0 Å². The summed E-state index contributed by atoms with van der Waals surface area (Å²) in [6.45, 7) is 0. The number of hydrogen-bond acceptors (Lipinski definition) is 2. The van der Waals surface area contributed by atoms with Crippen LogP contribution in [0.4, 0.5) is 0 Å². The summed E-state index contributed by atoms with van der Waals surface area (Å²) >= 11 is 0. The summed E-state index contributed by atoms with van der Waals surface area (Å²) in [6.07, 6.45) is 9.82. The Hall–Kier alpha value is -2.08. The van der Waals surface area contributed by atoms with Gasteiger partial charge >= 0.3 is 0 Å². The number of nitriles is 1. The highest BCUT2D eigenvalue weighted by Gasteiger charge is 2.16. The van der Waals surface area contributed by atoms with E-state index in [4.69, 9.17) is 0 Å². The molecule has 3 nitrogen and oxygen atoms in total. The van der Waals surface area contributed by atoms with Crippen LogP contribution in [0.3, 0.4) is 0 Å². The minimum atomic E-state index is -0.244. The number of amides is 1. The quantitative estimate of drug-likeness (QED) is 0.676. The molecular formula is C18H22N2O. The van der Waals surface area contributed by atoms with Crippen LogP contribution >= 0.6 is 0 Å². The summed E-state index contributed by atoms with van der Waals surface area (Å²) in [5, 5.41) is 12.2. The molecule has 0 heterocycles. The summed E-state index contributed by atoms with van der Waals surface area (Å²) in [7, 11) is 0. The molecule has 2 rings (SSSR count). The lowest BCUT2D eigenvalue weighted by molar-refractivity contribution is -0.117. The largest absolute Gasteiger partial charge is 0.349 e. The van der Waals surface area contributed by atoms with Gasteiger partial charge in [0.2, 0.25) is 0 Å². The van der Waals surface area contributed by atoms with Crippen LogP contribution in [0.2, 0.25) is 0 Å². The molecule has 1 saturated carbocycles. The molecule has 3 heteroatoms. The van der Waals surface area contributed by atoms with E-state index in [1.54, 1.807) is 6.08 Å². The maximum atomic E-state index is 12.2. The average molecular weight is 282 g/mol. The van der Waals surface area contributed by atoms with Crippen LogP contribution in [0, 0.1) is 11.3 Å². The Bertz CT molecular complexity index is 520. The molecule has 1 aromatic rings. The molecule has 1 fully saturated rings. The number of benzene rings is 1. The third-order valence-electron chi connectivity index (χ3n) is 3.92. The van der Waals surface area contributed by atoms with E-state index in [1.807, 2.05) is 36.4 Å². The van der Waals surface area contributed by atoms with E-state index in [1.165, 1.54) is 19.3 Å². The van der Waals surface area contributed by atoms with E-state index >= 15 is 0 Å². The van der Waals surface area contributed by atoms with E-state index in [2.05, 4.69) is 5.32 Å². The Morgan fingerprint density at radius 1 is 1.10 bits per heavy atom. The molecule has 0 unspecified atom stereocenters. The van der Waals surface area contributed by atoms with Crippen molar-refractivity contribution in [3.8, 4) is 6.07 Å². The van der Waals surface area contributed by atoms with E-state index < -0.39 is 0 Å². The smallest absolute Gasteiger partial charge is 0.262 e. The van der Waals surface area contributed by atoms with Gasteiger partial charge in [-0.25, -0.2) is 0 Å². The van der Waals surface area contributed by atoms with Crippen LogP contribution in [0.5, 0.6) is 0 Å². The molecule has 0 aromatic heterocycles. The Morgan fingerprint density at radius 3 is 2.33 bits per heavy atom. The molecule has 110 valence electrons. The van der Waals surface area contributed by atoms with Crippen molar-refractivity contribution < 1.29 is 4.79 Å². The van der Waals surface area contributed by atoms with Crippen molar-refractivity contribution in [2.75, 3.05) is 0 Å². The van der Waals surface area contributed by atoms with Gasteiger partial charge < -0.3 is 5.32 Å². The van der Waals surface area contributed by atoms with E-state index in [9.17, 15) is 10.1 Å². The predicted molar refractivity (Wildman–Crippen MR) is 84.3 cm³/mol. The highest BCUT2D eigenvalue weighted by Crippen LogP contribution is 2.17. The summed E-state index contributed by atoms with van der Waals surface area (Å²) < 4.78 is 0. The lowest BCUT2D eigenvalue weighted by atomic mass is 9.96. The molecule has 0 spiro atoms. The standard InChI is InChI=1S/C18H22N2O/c19-14-16(13-15-9-5-4-6-10-15)18(21)20-17-11-7-2-1-3-8-12-17/h4-6,9-10,13,17H,1-3,7-8,11-12H2,(H,20,21). The number of nitrogens with zero attached hydrogens (tertiary/aromatic N) is 1. The molecule has 0 radical (unpaired) electrons. The van der Waals surface area contributed by atoms with Crippen LogP contribution in [0.1, 0.15) is 50.5 Å². The first kappa shape index (κ1) is 15.3. The third-order valence-corrected chi connectivity index (χ3v) is 3.92. The lowest BCUT2D eigenvalue weighted by Crippen LogP contribution is -2.35. The molecule has 0 bridgehead atoms. The van der Waals surface area contributed by atoms with Crippen molar-refractivity contribution in [2.24, 2.45) is 0 Å². The number of hydrogen-bond donors (Lipinski definition) is 1. The van der Waals surface area contributed by atoms with Gasteiger partial charge in [0, 0.05) is 6.04 Å². The maximum absolute atomic E-state index is 12.2. The molecule has 1 aliphatic carbocycles. The molecule has 1 aromatic carbocycles. The van der Waals surface area contributed by atoms with E-state index in [0.717, 1.165) is 31.2 Å². The van der Waals surface area contributed by atoms with Gasteiger partial charge in [-0.05, 0) is 24.5 Å². The number of rotatable bonds is 3. The van der Waals surface area contributed by atoms with Gasteiger partial charge in [-0.1, -0.05) is 62.4 Å². The van der Waals surface area contributed by atoms with Gasteiger partial charge in [-0.3, -0.25) is 4.79 Å². The second-order valence-electron chi connectivity index (χ2n) is 5.60. The molecule has 1 amide bonds. The highest BCUT2D eigenvalue weighted by atomic mass is 16.1. The van der Waals surface area contributed by atoms with Crippen LogP contribution in [-0.4, -0.2) is 11.9 Å². The summed E-state index contributed by atoms with van der Waals surface area (Å²) in [5.41, 5.74) is 1.06. The first-order valence-corrected chi connectivity index (χ1v) is 7.77. The number of carbonyl (C=O) groups excluding carboxylic acids is 1. The first-order chi connectivity index (χ1) is 10.3. The van der Waals surface area contributed by atoms with Crippen molar-refractivity contribution in [1.29, 1.82) is 5.26 Å².